The molecule has 0 radical (unpaired) electrons. The average molecular weight is 288 g/mol. The Kier molecular flexibility index (Phi) is 4.08. The third kappa shape index (κ3) is 2.87. The van der Waals surface area contributed by atoms with E-state index in [4.69, 9.17) is 0 Å². The van der Waals surface area contributed by atoms with Gasteiger partial charge >= 0.3 is 0 Å². The van der Waals surface area contributed by atoms with Gasteiger partial charge in [0.1, 0.15) is 0 Å². The van der Waals surface area contributed by atoms with E-state index in [2.05, 4.69) is 60.9 Å². The van der Waals surface area contributed by atoms with Crippen molar-refractivity contribution < 1.29 is 5.11 Å². The average Bonchev–Trinajstić information content (AvgIpc) is 2.77. The van der Waals surface area contributed by atoms with Crippen molar-refractivity contribution in [2.45, 2.75) is 63.8 Å². The highest BCUT2D eigenvalue weighted by atomic mass is 16.3. The van der Waals surface area contributed by atoms with Crippen LogP contribution < -0.4 is 0 Å². The topological polar surface area (TPSA) is 26.7 Å². The van der Waals surface area contributed by atoms with Gasteiger partial charge < -0.3 is 5.11 Å². The van der Waals surface area contributed by atoms with Crippen LogP contribution in [0.2, 0.25) is 0 Å². The van der Waals surface area contributed by atoms with E-state index < -0.39 is 0 Å². The molecule has 1 N–H and O–H groups in total. The van der Waals surface area contributed by atoms with Crippen molar-refractivity contribution in [3.05, 3.63) is 35.9 Å². The third-order valence-electron chi connectivity index (χ3n) is 5.09. The van der Waals surface area contributed by atoms with Crippen molar-refractivity contribution in [2.24, 2.45) is 0 Å². The highest BCUT2D eigenvalue weighted by Crippen LogP contribution is 2.39. The van der Waals surface area contributed by atoms with Crippen LogP contribution in [0.1, 0.15) is 39.2 Å². The molecule has 21 heavy (non-hydrogen) atoms. The van der Waals surface area contributed by atoms with Gasteiger partial charge in [-0.2, -0.15) is 0 Å². The summed E-state index contributed by atoms with van der Waals surface area (Å²) in [6.07, 6.45) is 2.49. The smallest absolute Gasteiger partial charge is 0.0602 e. The molecule has 3 atom stereocenters. The minimum absolute atomic E-state index is 0.193. The van der Waals surface area contributed by atoms with Gasteiger partial charge in [-0.05, 0) is 39.2 Å². The Balaban J connectivity index is 1.80. The molecule has 2 bridgehead atoms. The first-order chi connectivity index (χ1) is 10.0. The highest BCUT2D eigenvalue weighted by molar-refractivity contribution is 5.16. The van der Waals surface area contributed by atoms with Gasteiger partial charge in [-0.1, -0.05) is 30.3 Å². The molecule has 0 unspecified atom stereocenters. The maximum absolute atomic E-state index is 9.97. The molecule has 0 saturated carbocycles. The lowest BCUT2D eigenvalue weighted by atomic mass is 9.95. The molecule has 0 aromatic heterocycles. The van der Waals surface area contributed by atoms with E-state index in [0.717, 1.165) is 13.1 Å². The number of likely N-dealkylation sites (tertiary alicyclic amines) is 1. The number of aliphatic hydroxyl groups is 1. The fourth-order valence-corrected chi connectivity index (χ4v) is 4.40. The Morgan fingerprint density at radius 2 is 1.86 bits per heavy atom. The molecule has 2 aliphatic rings. The molecule has 2 heterocycles. The van der Waals surface area contributed by atoms with Crippen molar-refractivity contribution in [3.63, 3.8) is 0 Å². The molecule has 3 rings (SSSR count). The molecular weight excluding hydrogens is 260 g/mol. The number of hydrogen-bond donors (Lipinski definition) is 1. The van der Waals surface area contributed by atoms with Crippen LogP contribution in [0, 0.1) is 0 Å². The van der Waals surface area contributed by atoms with Crippen LogP contribution in [0.15, 0.2) is 30.3 Å². The van der Waals surface area contributed by atoms with E-state index in [-0.39, 0.29) is 18.2 Å². The molecule has 2 aliphatic heterocycles. The van der Waals surface area contributed by atoms with Gasteiger partial charge in [0.2, 0.25) is 0 Å². The molecule has 0 aliphatic carbocycles. The summed E-state index contributed by atoms with van der Waals surface area (Å²) < 4.78 is 0. The Morgan fingerprint density at radius 3 is 2.48 bits per heavy atom. The SMILES string of the molecule is CC(C)(C)N1[C@@H]2CC[C@H]1[C@@H](CO)N(Cc1ccccc1)C2. The van der Waals surface area contributed by atoms with E-state index in [1.165, 1.54) is 18.4 Å². The molecule has 0 amide bonds. The number of benzene rings is 1. The van der Waals surface area contributed by atoms with Crippen molar-refractivity contribution >= 4 is 0 Å². The van der Waals surface area contributed by atoms with Crippen molar-refractivity contribution in [3.8, 4) is 0 Å². The fraction of sp³-hybridized carbons (Fsp3) is 0.667. The van der Waals surface area contributed by atoms with Crippen molar-refractivity contribution in [1.82, 2.24) is 9.80 Å². The molecule has 1 aromatic rings. The monoisotopic (exact) mass is 288 g/mol. The van der Waals surface area contributed by atoms with E-state index in [1.54, 1.807) is 0 Å². The van der Waals surface area contributed by atoms with Crippen LogP contribution in [0.5, 0.6) is 0 Å². The first kappa shape index (κ1) is 15.0. The Hall–Kier alpha value is -0.900. The summed E-state index contributed by atoms with van der Waals surface area (Å²) in [5.74, 6) is 0. The lowest BCUT2D eigenvalue weighted by Crippen LogP contribution is -2.64. The number of hydrogen-bond acceptors (Lipinski definition) is 3. The number of fused-ring (bicyclic) bond motifs is 2. The van der Waals surface area contributed by atoms with Crippen LogP contribution in [-0.4, -0.2) is 51.7 Å². The zero-order valence-electron chi connectivity index (χ0n) is 13.5. The number of nitrogens with zero attached hydrogens (tertiary/aromatic N) is 2. The molecular formula is C18H28N2O. The van der Waals surface area contributed by atoms with Gasteiger partial charge in [-0.3, -0.25) is 9.80 Å². The summed E-state index contributed by atoms with van der Waals surface area (Å²) in [7, 11) is 0. The Morgan fingerprint density at radius 1 is 1.14 bits per heavy atom. The van der Waals surface area contributed by atoms with Gasteiger partial charge in [0.15, 0.2) is 0 Å². The van der Waals surface area contributed by atoms with Crippen LogP contribution in [-0.2, 0) is 6.54 Å². The van der Waals surface area contributed by atoms with E-state index >= 15 is 0 Å². The maximum atomic E-state index is 9.97. The van der Waals surface area contributed by atoms with Gasteiger partial charge in [-0.25, -0.2) is 0 Å². The molecule has 2 fully saturated rings. The second kappa shape index (κ2) is 5.71. The molecule has 1 aromatic carbocycles. The summed E-state index contributed by atoms with van der Waals surface area (Å²) in [5, 5.41) is 9.97. The van der Waals surface area contributed by atoms with Crippen LogP contribution in [0.4, 0.5) is 0 Å². The Bertz CT molecular complexity index is 468. The summed E-state index contributed by atoms with van der Waals surface area (Å²) in [4.78, 5) is 5.16. The standard InChI is InChI=1S/C18H28N2O/c1-18(2,3)20-15-9-10-16(20)17(13-21)19(12-15)11-14-7-5-4-6-8-14/h4-8,15-17,21H,9-13H2,1-3H3/t15-,16+,17-/m1/s1. The van der Waals surface area contributed by atoms with E-state index in [1.807, 2.05) is 0 Å². The second-order valence-electron chi connectivity index (χ2n) is 7.54. The molecule has 116 valence electrons. The van der Waals surface area contributed by atoms with Crippen molar-refractivity contribution in [2.75, 3.05) is 13.2 Å². The molecule has 3 heteroatoms. The number of piperazine rings is 1. The number of aliphatic hydroxyl groups excluding tert-OH is 1. The lowest BCUT2D eigenvalue weighted by Gasteiger charge is -2.51. The Labute approximate surface area is 128 Å². The highest BCUT2D eigenvalue weighted by Gasteiger charge is 2.49. The van der Waals surface area contributed by atoms with Gasteiger partial charge in [0.25, 0.3) is 0 Å². The first-order valence-corrected chi connectivity index (χ1v) is 8.18. The quantitative estimate of drug-likeness (QED) is 0.926. The van der Waals surface area contributed by atoms with E-state index in [0.29, 0.717) is 12.1 Å². The number of rotatable bonds is 3. The summed E-state index contributed by atoms with van der Waals surface area (Å²) in [5.41, 5.74) is 1.54. The lowest BCUT2D eigenvalue weighted by molar-refractivity contribution is -0.0541. The minimum Gasteiger partial charge on any atom is -0.395 e. The van der Waals surface area contributed by atoms with Crippen molar-refractivity contribution in [1.29, 1.82) is 0 Å². The predicted octanol–water partition coefficient (Wildman–Crippen LogP) is 2.49. The predicted molar refractivity (Wildman–Crippen MR) is 86.1 cm³/mol. The van der Waals surface area contributed by atoms with Crippen LogP contribution in [0.25, 0.3) is 0 Å². The van der Waals surface area contributed by atoms with E-state index in [9.17, 15) is 5.11 Å². The first-order valence-electron chi connectivity index (χ1n) is 8.18. The maximum Gasteiger partial charge on any atom is 0.0602 e. The fourth-order valence-electron chi connectivity index (χ4n) is 4.40. The molecule has 3 nitrogen and oxygen atoms in total. The zero-order chi connectivity index (χ0) is 15.0. The molecule has 2 saturated heterocycles. The summed E-state index contributed by atoms with van der Waals surface area (Å²) >= 11 is 0. The largest absolute Gasteiger partial charge is 0.395 e. The van der Waals surface area contributed by atoms with Gasteiger partial charge in [-0.15, -0.1) is 0 Å². The third-order valence-corrected chi connectivity index (χ3v) is 5.09. The van der Waals surface area contributed by atoms with Crippen LogP contribution in [0.3, 0.4) is 0 Å². The van der Waals surface area contributed by atoms with Gasteiger partial charge in [0, 0.05) is 36.8 Å². The summed E-state index contributed by atoms with van der Waals surface area (Å²) in [6, 6.07) is 12.0. The normalized spacial score (nSPS) is 30.8. The second-order valence-corrected chi connectivity index (χ2v) is 7.54. The van der Waals surface area contributed by atoms with Gasteiger partial charge in [0.05, 0.1) is 6.61 Å². The molecule has 0 spiro atoms. The zero-order valence-corrected chi connectivity index (χ0v) is 13.5. The summed E-state index contributed by atoms with van der Waals surface area (Å²) in [6.45, 7) is 9.21. The van der Waals surface area contributed by atoms with Crippen LogP contribution >= 0.6 is 0 Å². The minimum atomic E-state index is 0.193.